The van der Waals surface area contributed by atoms with Crippen molar-refractivity contribution in [2.75, 3.05) is 0 Å². The van der Waals surface area contributed by atoms with Crippen LogP contribution >= 0.6 is 0 Å². The Bertz CT molecular complexity index is 1090. The molecule has 120 valence electrons. The Morgan fingerprint density at radius 1 is 0.640 bits per heavy atom. The van der Waals surface area contributed by atoms with Crippen LogP contribution in [0.15, 0.2) is 54.6 Å². The molecule has 0 saturated carbocycles. The van der Waals surface area contributed by atoms with Gasteiger partial charge in [0.25, 0.3) is 0 Å². The second-order valence-electron chi connectivity index (χ2n) is 6.94. The third-order valence-corrected chi connectivity index (χ3v) is 5.48. The molecule has 0 spiro atoms. The first-order valence-electron chi connectivity index (χ1n) is 8.55. The van der Waals surface area contributed by atoms with E-state index in [1.807, 2.05) is 42.5 Å². The predicted molar refractivity (Wildman–Crippen MR) is 96.5 cm³/mol. The maximum absolute atomic E-state index is 13.0. The van der Waals surface area contributed by atoms with Gasteiger partial charge in [-0.2, -0.15) is 0 Å². The summed E-state index contributed by atoms with van der Waals surface area (Å²) in [4.78, 5) is 25.9. The van der Waals surface area contributed by atoms with Gasteiger partial charge in [-0.1, -0.05) is 48.5 Å². The second kappa shape index (κ2) is 5.00. The van der Waals surface area contributed by atoms with Crippen LogP contribution in [0.2, 0.25) is 0 Å². The highest BCUT2D eigenvalue weighted by atomic mass is 16.1. The zero-order chi connectivity index (χ0) is 17.1. The van der Waals surface area contributed by atoms with E-state index in [1.165, 1.54) is 0 Å². The Morgan fingerprint density at radius 3 is 2.16 bits per heavy atom. The van der Waals surface area contributed by atoms with Crippen molar-refractivity contribution in [1.82, 2.24) is 0 Å². The largest absolute Gasteiger partial charge is 0.289 e. The topological polar surface area (TPSA) is 34.1 Å². The molecule has 2 aliphatic carbocycles. The summed E-state index contributed by atoms with van der Waals surface area (Å²) >= 11 is 0. The van der Waals surface area contributed by atoms with E-state index in [0.717, 1.165) is 51.8 Å². The number of aryl methyl sites for hydroxylation is 1. The van der Waals surface area contributed by atoms with E-state index in [2.05, 4.69) is 19.1 Å². The Hall–Kier alpha value is -3.00. The van der Waals surface area contributed by atoms with E-state index in [0.29, 0.717) is 11.1 Å². The zero-order valence-corrected chi connectivity index (χ0v) is 13.9. The zero-order valence-electron chi connectivity index (χ0n) is 13.9. The van der Waals surface area contributed by atoms with Crippen molar-refractivity contribution in [2.45, 2.75) is 19.8 Å². The first-order valence-corrected chi connectivity index (χ1v) is 8.55. The molecule has 0 fully saturated rings. The Morgan fingerprint density at radius 2 is 1.32 bits per heavy atom. The molecule has 0 saturated heterocycles. The quantitative estimate of drug-likeness (QED) is 0.426. The molecule has 0 atom stereocenters. The lowest BCUT2D eigenvalue weighted by Gasteiger charge is -2.25. The van der Waals surface area contributed by atoms with Gasteiger partial charge in [0.15, 0.2) is 11.6 Å². The van der Waals surface area contributed by atoms with Crippen molar-refractivity contribution in [3.05, 3.63) is 105 Å². The fraction of sp³-hybridized carbons (Fsp3) is 0.130. The molecule has 0 unspecified atom stereocenters. The van der Waals surface area contributed by atoms with E-state index in [4.69, 9.17) is 0 Å². The van der Waals surface area contributed by atoms with Crippen LogP contribution < -0.4 is 0 Å². The number of carbonyl (C=O) groups is 2. The van der Waals surface area contributed by atoms with Crippen LogP contribution in [0, 0.1) is 6.92 Å². The van der Waals surface area contributed by atoms with Crippen molar-refractivity contribution >= 4 is 11.6 Å². The van der Waals surface area contributed by atoms with Crippen LogP contribution in [-0.2, 0) is 12.8 Å². The lowest BCUT2D eigenvalue weighted by Crippen LogP contribution is -2.21. The fourth-order valence-electron chi connectivity index (χ4n) is 4.14. The number of fused-ring (bicyclic) bond motifs is 4. The third-order valence-electron chi connectivity index (χ3n) is 5.48. The molecule has 0 bridgehead atoms. The van der Waals surface area contributed by atoms with Crippen LogP contribution in [0.25, 0.3) is 0 Å². The van der Waals surface area contributed by atoms with E-state index in [1.54, 1.807) is 0 Å². The number of benzene rings is 3. The first kappa shape index (κ1) is 14.4. The van der Waals surface area contributed by atoms with E-state index >= 15 is 0 Å². The number of ketones is 2. The normalized spacial score (nSPS) is 14.4. The summed E-state index contributed by atoms with van der Waals surface area (Å²) in [6.45, 7) is 2.05. The highest BCUT2D eigenvalue weighted by Gasteiger charge is 2.29. The summed E-state index contributed by atoms with van der Waals surface area (Å²) in [6, 6.07) is 17.5. The van der Waals surface area contributed by atoms with Gasteiger partial charge < -0.3 is 0 Å². The summed E-state index contributed by atoms with van der Waals surface area (Å²) in [6.07, 6.45) is 1.51. The van der Waals surface area contributed by atoms with Gasteiger partial charge in [0.2, 0.25) is 0 Å². The average Bonchev–Trinajstić information content (AvgIpc) is 2.62. The summed E-state index contributed by atoms with van der Waals surface area (Å²) in [5.41, 5.74) is 8.30. The van der Waals surface area contributed by atoms with Gasteiger partial charge in [0, 0.05) is 22.3 Å². The summed E-state index contributed by atoms with van der Waals surface area (Å²) in [7, 11) is 0. The molecule has 0 radical (unpaired) electrons. The van der Waals surface area contributed by atoms with Gasteiger partial charge in [-0.05, 0) is 53.6 Å². The lowest BCUT2D eigenvalue weighted by molar-refractivity contribution is 0.103. The second-order valence-corrected chi connectivity index (χ2v) is 6.94. The fourth-order valence-corrected chi connectivity index (χ4v) is 4.14. The molecule has 25 heavy (non-hydrogen) atoms. The van der Waals surface area contributed by atoms with Crippen LogP contribution in [-0.4, -0.2) is 11.6 Å². The monoisotopic (exact) mass is 324 g/mol. The van der Waals surface area contributed by atoms with Gasteiger partial charge in [-0.3, -0.25) is 9.59 Å². The van der Waals surface area contributed by atoms with Gasteiger partial charge in [-0.25, -0.2) is 0 Å². The van der Waals surface area contributed by atoms with Crippen LogP contribution in [0.4, 0.5) is 0 Å². The molecule has 2 heteroatoms. The Labute approximate surface area is 146 Å². The lowest BCUT2D eigenvalue weighted by atomic mass is 9.77. The molecule has 0 amide bonds. The smallest absolute Gasteiger partial charge is 0.193 e. The van der Waals surface area contributed by atoms with Crippen molar-refractivity contribution in [1.29, 1.82) is 0 Å². The average molecular weight is 324 g/mol. The summed E-state index contributed by atoms with van der Waals surface area (Å²) in [5, 5.41) is 0. The highest BCUT2D eigenvalue weighted by molar-refractivity contribution is 6.17. The minimum absolute atomic E-state index is 0.0301. The Kier molecular flexibility index (Phi) is 2.87. The summed E-state index contributed by atoms with van der Waals surface area (Å²) in [5.74, 6) is 0.0666. The van der Waals surface area contributed by atoms with Crippen molar-refractivity contribution < 1.29 is 9.59 Å². The number of hydrogen-bond acceptors (Lipinski definition) is 2. The van der Waals surface area contributed by atoms with E-state index in [9.17, 15) is 9.59 Å². The number of carbonyl (C=O) groups excluding carboxylic acids is 2. The minimum atomic E-state index is 0.0301. The molecular weight excluding hydrogens is 308 g/mol. The van der Waals surface area contributed by atoms with Crippen molar-refractivity contribution in [3.63, 3.8) is 0 Å². The van der Waals surface area contributed by atoms with Crippen molar-refractivity contribution in [3.8, 4) is 0 Å². The molecule has 2 aliphatic rings. The van der Waals surface area contributed by atoms with Gasteiger partial charge in [0.1, 0.15) is 0 Å². The van der Waals surface area contributed by atoms with E-state index in [-0.39, 0.29) is 11.6 Å². The molecule has 0 aliphatic heterocycles. The molecule has 2 nitrogen and oxygen atoms in total. The molecule has 5 rings (SSSR count). The molecule has 0 aromatic heterocycles. The maximum atomic E-state index is 13.0. The SMILES string of the molecule is Cc1cccc2c1Cc1cc3c(cc1C2=O)C(=O)c1ccccc1C3. The standard InChI is InChI=1S/C23H16O2/c1-13-5-4-8-18-19(13)11-16-10-15-9-14-6-2-3-7-17(14)22(24)20(15)12-21(16)23(18)25/h2-8,10,12H,9,11H2,1H3. The van der Waals surface area contributed by atoms with Gasteiger partial charge in [0.05, 0.1) is 0 Å². The van der Waals surface area contributed by atoms with E-state index < -0.39 is 0 Å². The van der Waals surface area contributed by atoms with Crippen LogP contribution in [0.5, 0.6) is 0 Å². The third kappa shape index (κ3) is 1.97. The first-order chi connectivity index (χ1) is 12.1. The maximum Gasteiger partial charge on any atom is 0.193 e. The molecular formula is C23H16O2. The molecule has 3 aromatic rings. The van der Waals surface area contributed by atoms with Gasteiger partial charge in [-0.15, -0.1) is 0 Å². The molecule has 3 aromatic carbocycles. The highest BCUT2D eigenvalue weighted by Crippen LogP contribution is 2.34. The molecule has 0 N–H and O–H groups in total. The summed E-state index contributed by atoms with van der Waals surface area (Å²) < 4.78 is 0. The minimum Gasteiger partial charge on any atom is -0.289 e. The van der Waals surface area contributed by atoms with Gasteiger partial charge >= 0.3 is 0 Å². The number of rotatable bonds is 0. The molecule has 0 heterocycles. The van der Waals surface area contributed by atoms with Crippen LogP contribution in [0.3, 0.4) is 0 Å². The Balaban J connectivity index is 1.70. The van der Waals surface area contributed by atoms with Crippen molar-refractivity contribution in [2.24, 2.45) is 0 Å². The predicted octanol–water partition coefficient (Wildman–Crippen LogP) is 4.27. The van der Waals surface area contributed by atoms with Crippen LogP contribution in [0.1, 0.15) is 59.7 Å². The number of hydrogen-bond donors (Lipinski definition) is 0.